The van der Waals surface area contributed by atoms with E-state index in [0.29, 0.717) is 5.16 Å². The molecule has 1 heterocycles. The number of aromatic amines is 1. The maximum Gasteiger partial charge on any atom is 0.343 e. The Hall–Kier alpha value is -1.50. The quantitative estimate of drug-likeness (QED) is 0.432. The van der Waals surface area contributed by atoms with E-state index in [9.17, 15) is 9.59 Å². The van der Waals surface area contributed by atoms with Gasteiger partial charge in [0.1, 0.15) is 0 Å². The normalized spacial score (nSPS) is 10.7. The molecule has 0 bridgehead atoms. The number of thioether (sulfide) groups is 1. The average molecular weight is 215 g/mol. The molecule has 0 aromatic carbocycles. The Morgan fingerprint density at radius 3 is 2.93 bits per heavy atom. The van der Waals surface area contributed by atoms with E-state index < -0.39 is 5.97 Å². The first-order valence-electron chi connectivity index (χ1n) is 3.67. The number of carbonyl (C=O) groups excluding carboxylic acids is 1. The number of H-pyrrole nitrogens is 1. The molecule has 0 radical (unpaired) electrons. The molecule has 0 amide bonds. The third-order valence-electron chi connectivity index (χ3n) is 1.42. The van der Waals surface area contributed by atoms with Gasteiger partial charge < -0.3 is 4.74 Å². The van der Waals surface area contributed by atoms with Gasteiger partial charge in [0.15, 0.2) is 5.16 Å². The number of hydrogen-bond donors (Lipinski definition) is 1. The summed E-state index contributed by atoms with van der Waals surface area (Å²) in [5, 5.41) is 7.98. The van der Waals surface area contributed by atoms with Crippen molar-refractivity contribution in [1.29, 1.82) is 0 Å². The van der Waals surface area contributed by atoms with E-state index in [2.05, 4.69) is 14.9 Å². The highest BCUT2D eigenvalue weighted by Gasteiger charge is 2.01. The van der Waals surface area contributed by atoms with Gasteiger partial charge in [-0.05, 0) is 5.41 Å². The van der Waals surface area contributed by atoms with Crippen LogP contribution in [-0.2, 0) is 16.6 Å². The first-order valence-corrected chi connectivity index (χ1v) is 4.55. The first-order chi connectivity index (χ1) is 6.65. The van der Waals surface area contributed by atoms with Crippen LogP contribution in [0, 0.1) is 0 Å². The summed E-state index contributed by atoms with van der Waals surface area (Å²) in [5.74, 6) is -0.446. The van der Waals surface area contributed by atoms with E-state index >= 15 is 0 Å². The van der Waals surface area contributed by atoms with Crippen molar-refractivity contribution in [1.82, 2.24) is 14.8 Å². The van der Waals surface area contributed by atoms with Crippen molar-refractivity contribution in [2.75, 3.05) is 7.11 Å². The molecule has 1 aromatic rings. The number of nitrogens with one attached hydrogen (secondary N) is 1. The van der Waals surface area contributed by atoms with Gasteiger partial charge in [-0.15, -0.1) is 5.10 Å². The highest BCUT2D eigenvalue weighted by atomic mass is 32.2. The summed E-state index contributed by atoms with van der Waals surface area (Å²) in [6.45, 7) is 0. The monoisotopic (exact) mass is 215 g/mol. The van der Waals surface area contributed by atoms with Crippen molar-refractivity contribution < 1.29 is 9.53 Å². The molecule has 0 aliphatic rings. The molecular formula is C7H9N3O3S. The highest BCUT2D eigenvalue weighted by molar-refractivity contribution is 8.02. The van der Waals surface area contributed by atoms with Crippen molar-refractivity contribution in [2.45, 2.75) is 5.16 Å². The molecule has 1 N–H and O–H groups in total. The zero-order valence-electron chi connectivity index (χ0n) is 7.68. The second kappa shape index (κ2) is 4.66. The predicted octanol–water partition coefficient (Wildman–Crippen LogP) is -0.113. The van der Waals surface area contributed by atoms with Gasteiger partial charge in [0.2, 0.25) is 0 Å². The van der Waals surface area contributed by atoms with E-state index in [0.717, 1.165) is 11.8 Å². The van der Waals surface area contributed by atoms with Crippen molar-refractivity contribution in [3.63, 3.8) is 0 Å². The van der Waals surface area contributed by atoms with Crippen LogP contribution in [0.3, 0.4) is 0 Å². The summed E-state index contributed by atoms with van der Waals surface area (Å²) in [6, 6.07) is 0. The van der Waals surface area contributed by atoms with Crippen LogP contribution in [0.2, 0.25) is 0 Å². The lowest BCUT2D eigenvalue weighted by Gasteiger charge is -1.92. The van der Waals surface area contributed by atoms with E-state index in [1.165, 1.54) is 23.2 Å². The molecule has 0 atom stereocenters. The zero-order chi connectivity index (χ0) is 10.6. The fraction of sp³-hybridized carbons (Fsp3) is 0.286. The molecule has 0 fully saturated rings. The fourth-order valence-corrected chi connectivity index (χ4v) is 1.30. The van der Waals surface area contributed by atoms with Crippen molar-refractivity contribution in [2.24, 2.45) is 7.05 Å². The second-order valence-corrected chi connectivity index (χ2v) is 3.19. The first kappa shape index (κ1) is 10.6. The van der Waals surface area contributed by atoms with Gasteiger partial charge in [-0.2, -0.15) is 0 Å². The van der Waals surface area contributed by atoms with Gasteiger partial charge in [0.05, 0.1) is 7.11 Å². The predicted molar refractivity (Wildman–Crippen MR) is 50.8 cm³/mol. The minimum Gasteiger partial charge on any atom is -0.466 e. The summed E-state index contributed by atoms with van der Waals surface area (Å²) in [4.78, 5) is 21.6. The minimum atomic E-state index is -0.446. The van der Waals surface area contributed by atoms with E-state index in [1.54, 1.807) is 7.05 Å². The summed E-state index contributed by atoms with van der Waals surface area (Å²) in [5.41, 5.74) is -0.293. The fourth-order valence-electron chi connectivity index (χ4n) is 0.656. The number of esters is 1. The van der Waals surface area contributed by atoms with Gasteiger partial charge in [-0.25, -0.2) is 14.7 Å². The molecule has 76 valence electrons. The Morgan fingerprint density at radius 2 is 2.43 bits per heavy atom. The summed E-state index contributed by atoms with van der Waals surface area (Å²) >= 11 is 1.15. The maximum absolute atomic E-state index is 10.9. The molecule has 1 aromatic heterocycles. The van der Waals surface area contributed by atoms with Crippen molar-refractivity contribution >= 4 is 17.7 Å². The lowest BCUT2D eigenvalue weighted by molar-refractivity contribution is -0.134. The Balaban J connectivity index is 2.62. The van der Waals surface area contributed by atoms with Crippen LogP contribution in [0.25, 0.3) is 0 Å². The number of carbonyl (C=O) groups is 1. The van der Waals surface area contributed by atoms with E-state index in [-0.39, 0.29) is 5.69 Å². The van der Waals surface area contributed by atoms with Crippen LogP contribution in [-0.4, -0.2) is 27.8 Å². The lowest BCUT2D eigenvalue weighted by atomic mass is 10.7. The Morgan fingerprint density at radius 1 is 1.71 bits per heavy atom. The summed E-state index contributed by atoms with van der Waals surface area (Å²) in [6.07, 6.45) is 1.25. The molecule has 0 spiro atoms. The van der Waals surface area contributed by atoms with Gasteiger partial charge in [-0.3, -0.25) is 4.57 Å². The molecule has 0 unspecified atom stereocenters. The highest BCUT2D eigenvalue weighted by Crippen LogP contribution is 2.12. The van der Waals surface area contributed by atoms with E-state index in [1.807, 2.05) is 0 Å². The number of hydrogen-bond acceptors (Lipinski definition) is 5. The zero-order valence-corrected chi connectivity index (χ0v) is 8.50. The molecule has 1 rings (SSSR count). The topological polar surface area (TPSA) is 77.0 Å². The van der Waals surface area contributed by atoms with Crippen LogP contribution in [0.5, 0.6) is 0 Å². The minimum absolute atomic E-state index is 0.293. The van der Waals surface area contributed by atoms with E-state index in [4.69, 9.17) is 0 Å². The molecule has 14 heavy (non-hydrogen) atoms. The summed E-state index contributed by atoms with van der Waals surface area (Å²) < 4.78 is 5.73. The lowest BCUT2D eigenvalue weighted by Crippen LogP contribution is -2.12. The third-order valence-corrected chi connectivity index (χ3v) is 2.27. The smallest absolute Gasteiger partial charge is 0.343 e. The SMILES string of the molecule is COC(=O)C=CSc1n[nH]c(=O)n1C. The number of rotatable bonds is 3. The number of methoxy groups -OCH3 is 1. The number of aromatic nitrogens is 3. The van der Waals surface area contributed by atoms with Gasteiger partial charge in [0.25, 0.3) is 0 Å². The van der Waals surface area contributed by atoms with Gasteiger partial charge in [-0.1, -0.05) is 11.8 Å². The number of ether oxygens (including phenoxy) is 1. The standard InChI is InChI=1S/C7H9N3O3S/c1-10-6(12)8-9-7(10)14-4-3-5(11)13-2/h3-4H,1-2H3,(H,8,12). The van der Waals surface area contributed by atoms with Crippen molar-refractivity contribution in [3.05, 3.63) is 22.0 Å². The molecule has 0 saturated heterocycles. The molecule has 7 heteroatoms. The van der Waals surface area contributed by atoms with Gasteiger partial charge in [0, 0.05) is 13.1 Å². The molecule has 0 aliphatic carbocycles. The number of nitrogens with zero attached hydrogens (tertiary/aromatic N) is 2. The van der Waals surface area contributed by atoms with Crippen molar-refractivity contribution in [3.8, 4) is 0 Å². The van der Waals surface area contributed by atoms with Gasteiger partial charge >= 0.3 is 11.7 Å². The molecule has 6 nitrogen and oxygen atoms in total. The Bertz CT molecular complexity index is 407. The summed E-state index contributed by atoms with van der Waals surface area (Å²) in [7, 11) is 2.88. The van der Waals surface area contributed by atoms with Crippen LogP contribution in [0.1, 0.15) is 0 Å². The average Bonchev–Trinajstić information content (AvgIpc) is 2.49. The van der Waals surface area contributed by atoms with Crippen LogP contribution < -0.4 is 5.69 Å². The Kier molecular flexibility index (Phi) is 3.52. The third kappa shape index (κ3) is 2.49. The molecular weight excluding hydrogens is 206 g/mol. The molecule has 0 saturated carbocycles. The maximum atomic E-state index is 10.9. The molecule has 0 aliphatic heterocycles. The Labute approximate surface area is 84.0 Å². The van der Waals surface area contributed by atoms with Crippen LogP contribution in [0.15, 0.2) is 21.4 Å². The van der Waals surface area contributed by atoms with Crippen LogP contribution >= 0.6 is 11.8 Å². The largest absolute Gasteiger partial charge is 0.466 e. The second-order valence-electron chi connectivity index (χ2n) is 2.31. The van der Waals surface area contributed by atoms with Crippen LogP contribution in [0.4, 0.5) is 0 Å².